The molecule has 218 valence electrons. The largest absolute Gasteiger partial charge is 0.444 e. The second-order valence-electron chi connectivity index (χ2n) is 11.8. The number of nitrogens with one attached hydrogen (secondary N) is 2. The molecule has 0 aromatic heterocycles. The Morgan fingerprint density at radius 1 is 1.02 bits per heavy atom. The van der Waals surface area contributed by atoms with E-state index < -0.39 is 23.8 Å². The van der Waals surface area contributed by atoms with Crippen molar-refractivity contribution in [3.8, 4) is 0 Å². The number of amides is 3. The number of hydrogen-bond donors (Lipinski definition) is 2. The number of carbonyl (C=O) groups is 3. The van der Waals surface area contributed by atoms with Crippen LogP contribution in [-0.2, 0) is 14.3 Å². The van der Waals surface area contributed by atoms with E-state index in [0.29, 0.717) is 17.9 Å². The van der Waals surface area contributed by atoms with Gasteiger partial charge in [0.15, 0.2) is 0 Å². The van der Waals surface area contributed by atoms with Crippen molar-refractivity contribution in [3.63, 3.8) is 0 Å². The van der Waals surface area contributed by atoms with E-state index in [4.69, 9.17) is 4.74 Å². The Kier molecular flexibility index (Phi) is 9.64. The van der Waals surface area contributed by atoms with Gasteiger partial charge in [-0.2, -0.15) is 11.8 Å². The lowest BCUT2D eigenvalue weighted by Crippen LogP contribution is -2.53. The summed E-state index contributed by atoms with van der Waals surface area (Å²) in [5, 5.41) is 8.01. The third-order valence-corrected chi connectivity index (χ3v) is 7.95. The molecule has 3 amide bonds. The van der Waals surface area contributed by atoms with Crippen LogP contribution < -0.4 is 10.6 Å². The average Bonchev–Trinajstić information content (AvgIpc) is 3.64. The second kappa shape index (κ2) is 13.0. The molecule has 1 aliphatic rings. The van der Waals surface area contributed by atoms with Crippen molar-refractivity contribution < 1.29 is 19.1 Å². The number of aryl methyl sites for hydroxylation is 1. The molecule has 1 saturated carbocycles. The molecular weight excluding hydrogens is 534 g/mol. The molecule has 7 nitrogen and oxygen atoms in total. The smallest absolute Gasteiger partial charge is 0.408 e. The maximum absolute atomic E-state index is 14.4. The molecule has 0 spiro atoms. The maximum Gasteiger partial charge on any atom is 0.408 e. The molecule has 3 aromatic carbocycles. The Morgan fingerprint density at radius 2 is 1.68 bits per heavy atom. The summed E-state index contributed by atoms with van der Waals surface area (Å²) in [6.45, 7) is 9.40. The number of nitrogens with zero attached hydrogens (tertiary/aromatic N) is 1. The summed E-state index contributed by atoms with van der Waals surface area (Å²) in [5.41, 5.74) is 1.64. The van der Waals surface area contributed by atoms with E-state index in [1.54, 1.807) is 37.4 Å². The van der Waals surface area contributed by atoms with Crippen molar-refractivity contribution in [1.29, 1.82) is 0 Å². The second-order valence-corrected chi connectivity index (χ2v) is 12.8. The highest BCUT2D eigenvalue weighted by Gasteiger charge is 2.48. The normalized spacial score (nSPS) is 17.8. The number of rotatable bonds is 10. The van der Waals surface area contributed by atoms with Gasteiger partial charge in [-0.1, -0.05) is 61.5 Å². The van der Waals surface area contributed by atoms with Gasteiger partial charge in [-0.3, -0.25) is 9.59 Å². The van der Waals surface area contributed by atoms with Crippen molar-refractivity contribution in [2.45, 2.75) is 71.2 Å². The predicted molar refractivity (Wildman–Crippen MR) is 167 cm³/mol. The minimum atomic E-state index is -0.873. The zero-order valence-corrected chi connectivity index (χ0v) is 25.6. The van der Waals surface area contributed by atoms with E-state index in [1.807, 2.05) is 79.9 Å². The lowest BCUT2D eigenvalue weighted by molar-refractivity contribution is -0.141. The number of thioether (sulfide) groups is 1. The van der Waals surface area contributed by atoms with Crippen LogP contribution in [0.3, 0.4) is 0 Å². The molecule has 1 aliphatic carbocycles. The third-order valence-electron chi connectivity index (χ3n) is 7.31. The summed E-state index contributed by atoms with van der Waals surface area (Å²) < 4.78 is 5.49. The Balaban J connectivity index is 1.71. The van der Waals surface area contributed by atoms with Crippen molar-refractivity contribution in [1.82, 2.24) is 10.2 Å². The lowest BCUT2D eigenvalue weighted by Gasteiger charge is -2.35. The van der Waals surface area contributed by atoms with Gasteiger partial charge in [-0.25, -0.2) is 4.79 Å². The van der Waals surface area contributed by atoms with Gasteiger partial charge in [0.05, 0.1) is 0 Å². The summed E-state index contributed by atoms with van der Waals surface area (Å²) >= 11 is 1.60. The Bertz CT molecular complexity index is 1400. The minimum absolute atomic E-state index is 0.119. The van der Waals surface area contributed by atoms with Gasteiger partial charge in [0, 0.05) is 11.7 Å². The Morgan fingerprint density at radius 3 is 2.32 bits per heavy atom. The SMILES string of the molecule is CSCCC(NC(=O)OC(C)(C)C)C(=O)N(C(C(=O)Nc1ccc2ccccc2c1)c1ccccc1C)C1CC1C. The van der Waals surface area contributed by atoms with Gasteiger partial charge in [0.25, 0.3) is 5.91 Å². The van der Waals surface area contributed by atoms with Crippen LogP contribution in [0.2, 0.25) is 0 Å². The van der Waals surface area contributed by atoms with Crippen LogP contribution in [0, 0.1) is 12.8 Å². The molecule has 0 aliphatic heterocycles. The number of alkyl carbamates (subject to hydrolysis) is 1. The zero-order chi connectivity index (χ0) is 29.7. The van der Waals surface area contributed by atoms with E-state index in [-0.39, 0.29) is 23.8 Å². The van der Waals surface area contributed by atoms with Crippen molar-refractivity contribution in [3.05, 3.63) is 77.9 Å². The quantitative estimate of drug-likeness (QED) is 0.281. The summed E-state index contributed by atoms with van der Waals surface area (Å²) in [7, 11) is 0. The Labute approximate surface area is 247 Å². The van der Waals surface area contributed by atoms with Crippen LogP contribution in [0.15, 0.2) is 66.7 Å². The highest BCUT2D eigenvalue weighted by atomic mass is 32.2. The van der Waals surface area contributed by atoms with Crippen molar-refractivity contribution >= 4 is 46.1 Å². The molecule has 0 heterocycles. The first-order valence-electron chi connectivity index (χ1n) is 14.1. The monoisotopic (exact) mass is 575 g/mol. The molecule has 4 unspecified atom stereocenters. The van der Waals surface area contributed by atoms with Crippen molar-refractivity contribution in [2.24, 2.45) is 5.92 Å². The number of benzene rings is 3. The van der Waals surface area contributed by atoms with E-state index in [0.717, 1.165) is 28.3 Å². The van der Waals surface area contributed by atoms with Crippen LogP contribution >= 0.6 is 11.8 Å². The van der Waals surface area contributed by atoms with E-state index in [1.165, 1.54) is 0 Å². The van der Waals surface area contributed by atoms with Crippen LogP contribution in [0.4, 0.5) is 10.5 Å². The third kappa shape index (κ3) is 7.82. The fourth-order valence-corrected chi connectivity index (χ4v) is 5.56. The first-order valence-corrected chi connectivity index (χ1v) is 15.5. The number of hydrogen-bond acceptors (Lipinski definition) is 5. The summed E-state index contributed by atoms with van der Waals surface area (Å²) in [6.07, 6.45) is 2.53. The van der Waals surface area contributed by atoms with Crippen LogP contribution in [0.5, 0.6) is 0 Å². The molecule has 2 N–H and O–H groups in total. The van der Waals surface area contributed by atoms with Crippen LogP contribution in [0.1, 0.15) is 57.7 Å². The van der Waals surface area contributed by atoms with Gasteiger partial charge in [-0.15, -0.1) is 0 Å². The molecule has 4 atom stereocenters. The maximum atomic E-state index is 14.4. The van der Waals surface area contributed by atoms with E-state index in [9.17, 15) is 14.4 Å². The van der Waals surface area contributed by atoms with Gasteiger partial charge < -0.3 is 20.3 Å². The molecule has 0 saturated heterocycles. The lowest BCUT2D eigenvalue weighted by atomic mass is 9.97. The molecule has 1 fully saturated rings. The highest BCUT2D eigenvalue weighted by Crippen LogP contribution is 2.41. The molecule has 3 aromatic rings. The Hall–Kier alpha value is -3.52. The fraction of sp³-hybridized carbons (Fsp3) is 0.424. The van der Waals surface area contributed by atoms with Gasteiger partial charge in [0.2, 0.25) is 5.91 Å². The van der Waals surface area contributed by atoms with Gasteiger partial charge in [0.1, 0.15) is 17.7 Å². The topological polar surface area (TPSA) is 87.7 Å². The van der Waals surface area contributed by atoms with Crippen LogP contribution in [0.25, 0.3) is 10.8 Å². The minimum Gasteiger partial charge on any atom is -0.444 e. The highest BCUT2D eigenvalue weighted by molar-refractivity contribution is 7.98. The number of anilines is 1. The predicted octanol–water partition coefficient (Wildman–Crippen LogP) is 6.71. The molecule has 41 heavy (non-hydrogen) atoms. The summed E-state index contributed by atoms with van der Waals surface area (Å²) in [6, 6.07) is 19.6. The first kappa shape index (κ1) is 30.4. The summed E-state index contributed by atoms with van der Waals surface area (Å²) in [5.74, 6) is 0.337. The molecule has 0 bridgehead atoms. The first-order chi connectivity index (χ1) is 19.5. The molecule has 4 rings (SSSR count). The molecule has 0 radical (unpaired) electrons. The number of fused-ring (bicyclic) bond motifs is 1. The van der Waals surface area contributed by atoms with E-state index in [2.05, 4.69) is 17.6 Å². The molecular formula is C33H41N3O4S. The average molecular weight is 576 g/mol. The molecule has 8 heteroatoms. The summed E-state index contributed by atoms with van der Waals surface area (Å²) in [4.78, 5) is 43.1. The van der Waals surface area contributed by atoms with E-state index >= 15 is 0 Å². The number of carbonyl (C=O) groups excluding carboxylic acids is 3. The van der Waals surface area contributed by atoms with Crippen LogP contribution in [-0.4, -0.2) is 52.5 Å². The zero-order valence-electron chi connectivity index (χ0n) is 24.8. The van der Waals surface area contributed by atoms with Gasteiger partial charge in [-0.05, 0) is 92.5 Å². The number of ether oxygens (including phenoxy) is 1. The van der Waals surface area contributed by atoms with Crippen molar-refractivity contribution in [2.75, 3.05) is 17.3 Å². The van der Waals surface area contributed by atoms with Gasteiger partial charge >= 0.3 is 6.09 Å². The fourth-order valence-electron chi connectivity index (χ4n) is 5.08. The standard InChI is InChI=1S/C33H41N3O4S/c1-21-11-7-10-14-26(21)29(30(37)34-25-16-15-23-12-8-9-13-24(23)20-25)36(28-19-22(28)2)31(38)27(17-18-41-6)35-32(39)40-33(3,4)5/h7-16,20,22,27-29H,17-19H2,1-6H3,(H,34,37)(H,35,39).